The number of nitrogens with one attached hydrogen (secondary N) is 1. The lowest BCUT2D eigenvalue weighted by Gasteiger charge is -1.92. The molecule has 0 aliphatic carbocycles. The van der Waals surface area contributed by atoms with Crippen molar-refractivity contribution >= 4 is 23.6 Å². The minimum absolute atomic E-state index is 0.0869. The molecule has 0 aliphatic rings. The number of hydrogen-bond donors (Lipinski definition) is 2. The molecule has 5 nitrogen and oxygen atoms in total. The molecule has 0 radical (unpaired) electrons. The summed E-state index contributed by atoms with van der Waals surface area (Å²) in [5, 5.41) is 10.2. The van der Waals surface area contributed by atoms with Crippen LogP contribution in [0.2, 0.25) is 0 Å². The topological polar surface area (TPSA) is 84.9 Å². The summed E-state index contributed by atoms with van der Waals surface area (Å²) >= 11 is 4.70. The Kier molecular flexibility index (Phi) is 1.86. The van der Waals surface area contributed by atoms with Crippen LogP contribution in [0.15, 0.2) is 12.3 Å². The van der Waals surface area contributed by atoms with E-state index in [1.54, 1.807) is 0 Å². The molecule has 0 bridgehead atoms. The van der Waals surface area contributed by atoms with Crippen molar-refractivity contribution in [3.05, 3.63) is 27.0 Å². The summed E-state index contributed by atoms with van der Waals surface area (Å²) < 4.78 is 0.315. The molecule has 0 atom stereocenters. The number of H-pyrrole nitrogens is 1. The quantitative estimate of drug-likeness (QED) is 0.378. The normalized spacial score (nSPS) is 9.45. The highest BCUT2D eigenvalue weighted by molar-refractivity contribution is 7.71. The average molecular weight is 171 g/mol. The van der Waals surface area contributed by atoms with Crippen molar-refractivity contribution in [3.63, 3.8) is 0 Å². The highest BCUT2D eigenvalue weighted by Crippen LogP contribution is 2.13. The van der Waals surface area contributed by atoms with Gasteiger partial charge in [-0.1, -0.05) is 12.2 Å². The molecule has 1 heterocycles. The van der Waals surface area contributed by atoms with E-state index in [9.17, 15) is 10.1 Å². The van der Waals surface area contributed by atoms with E-state index >= 15 is 0 Å². The van der Waals surface area contributed by atoms with Crippen molar-refractivity contribution < 1.29 is 4.92 Å². The SMILES string of the molecule is Nc1cc([N+](=O)[O-])c[nH]c1=S. The maximum atomic E-state index is 10.2. The lowest BCUT2D eigenvalue weighted by molar-refractivity contribution is -0.385. The summed E-state index contributed by atoms with van der Waals surface area (Å²) in [6, 6.07) is 1.22. The number of nitrogens with zero attached hydrogens (tertiary/aromatic N) is 1. The number of pyridine rings is 1. The number of nitro groups is 1. The van der Waals surface area contributed by atoms with Gasteiger partial charge in [0.05, 0.1) is 16.8 Å². The first-order valence-corrected chi connectivity index (χ1v) is 3.14. The van der Waals surface area contributed by atoms with E-state index in [2.05, 4.69) is 4.98 Å². The summed E-state index contributed by atoms with van der Waals surface area (Å²) in [4.78, 5) is 12.1. The third-order valence-electron chi connectivity index (χ3n) is 1.13. The van der Waals surface area contributed by atoms with Crippen LogP contribution >= 0.6 is 12.2 Å². The first kappa shape index (κ1) is 7.67. The lowest BCUT2D eigenvalue weighted by Crippen LogP contribution is -1.93. The van der Waals surface area contributed by atoms with Crippen LogP contribution in [0.3, 0.4) is 0 Å². The van der Waals surface area contributed by atoms with Crippen LogP contribution in [0.5, 0.6) is 0 Å². The molecule has 1 rings (SSSR count). The minimum Gasteiger partial charge on any atom is -0.396 e. The van der Waals surface area contributed by atoms with E-state index < -0.39 is 4.92 Å². The molecule has 58 valence electrons. The second-order valence-corrected chi connectivity index (χ2v) is 2.31. The van der Waals surface area contributed by atoms with Crippen molar-refractivity contribution in [2.45, 2.75) is 0 Å². The average Bonchev–Trinajstić information content (AvgIpc) is 1.94. The van der Waals surface area contributed by atoms with Gasteiger partial charge in [-0.25, -0.2) is 0 Å². The van der Waals surface area contributed by atoms with Gasteiger partial charge >= 0.3 is 0 Å². The first-order chi connectivity index (χ1) is 5.11. The van der Waals surface area contributed by atoms with E-state index in [1.165, 1.54) is 12.3 Å². The van der Waals surface area contributed by atoms with Crippen molar-refractivity contribution in [3.8, 4) is 0 Å². The maximum absolute atomic E-state index is 10.2. The molecule has 0 saturated heterocycles. The third kappa shape index (κ3) is 1.53. The fraction of sp³-hybridized carbons (Fsp3) is 0. The summed E-state index contributed by atoms with van der Waals surface area (Å²) in [5.74, 6) is 0. The highest BCUT2D eigenvalue weighted by Gasteiger charge is 2.04. The molecule has 1 aromatic rings. The predicted molar refractivity (Wildman–Crippen MR) is 42.7 cm³/mol. The van der Waals surface area contributed by atoms with Gasteiger partial charge in [0.25, 0.3) is 5.69 Å². The molecule has 1 aromatic heterocycles. The van der Waals surface area contributed by atoms with Crippen LogP contribution in [0.4, 0.5) is 11.4 Å². The van der Waals surface area contributed by atoms with E-state index in [-0.39, 0.29) is 11.4 Å². The molecular weight excluding hydrogens is 166 g/mol. The van der Waals surface area contributed by atoms with Gasteiger partial charge < -0.3 is 10.7 Å². The third-order valence-corrected chi connectivity index (χ3v) is 1.48. The van der Waals surface area contributed by atoms with E-state index in [0.29, 0.717) is 4.64 Å². The number of aromatic amines is 1. The van der Waals surface area contributed by atoms with Crippen molar-refractivity contribution in [1.29, 1.82) is 0 Å². The standard InChI is InChI=1S/C5H5N3O2S/c6-4-1-3(8(9)10)2-7-5(4)11/h1-2H,6H2,(H,7,11). The first-order valence-electron chi connectivity index (χ1n) is 2.74. The molecule has 0 unspecified atom stereocenters. The summed E-state index contributed by atoms with van der Waals surface area (Å²) in [7, 11) is 0. The molecular formula is C5H5N3O2S. The van der Waals surface area contributed by atoms with E-state index in [1.807, 2.05) is 0 Å². The summed E-state index contributed by atoms with van der Waals surface area (Å²) in [6.45, 7) is 0. The molecule has 6 heteroatoms. The predicted octanol–water partition coefficient (Wildman–Crippen LogP) is 1.23. The largest absolute Gasteiger partial charge is 0.396 e. The monoisotopic (exact) mass is 171 g/mol. The van der Waals surface area contributed by atoms with Gasteiger partial charge in [0.1, 0.15) is 4.64 Å². The molecule has 0 aliphatic heterocycles. The zero-order valence-electron chi connectivity index (χ0n) is 5.40. The van der Waals surface area contributed by atoms with E-state index in [0.717, 1.165) is 0 Å². The molecule has 0 aromatic carbocycles. The van der Waals surface area contributed by atoms with Crippen LogP contribution in [-0.4, -0.2) is 9.91 Å². The molecule has 0 fully saturated rings. The molecule has 0 spiro atoms. The van der Waals surface area contributed by atoms with Crippen LogP contribution in [-0.2, 0) is 0 Å². The van der Waals surface area contributed by atoms with Gasteiger partial charge in [-0.2, -0.15) is 0 Å². The number of aromatic nitrogens is 1. The van der Waals surface area contributed by atoms with Crippen molar-refractivity contribution in [2.24, 2.45) is 0 Å². The van der Waals surface area contributed by atoms with Crippen molar-refractivity contribution in [1.82, 2.24) is 4.98 Å². The zero-order chi connectivity index (χ0) is 8.43. The zero-order valence-corrected chi connectivity index (χ0v) is 6.22. The fourth-order valence-corrected chi connectivity index (χ4v) is 0.713. The summed E-state index contributed by atoms with van der Waals surface area (Å²) in [6.07, 6.45) is 1.21. The highest BCUT2D eigenvalue weighted by atomic mass is 32.1. The van der Waals surface area contributed by atoms with Gasteiger partial charge in [0, 0.05) is 6.07 Å². The van der Waals surface area contributed by atoms with Gasteiger partial charge in [0.15, 0.2) is 0 Å². The Morgan fingerprint density at radius 3 is 2.82 bits per heavy atom. The molecule has 11 heavy (non-hydrogen) atoms. The lowest BCUT2D eigenvalue weighted by atomic mass is 10.4. The number of anilines is 1. The van der Waals surface area contributed by atoms with Gasteiger partial charge in [-0.05, 0) is 0 Å². The fourth-order valence-electron chi connectivity index (χ4n) is 0.595. The molecule has 3 N–H and O–H groups in total. The second kappa shape index (κ2) is 2.67. The Balaban J connectivity index is 3.26. The number of hydrogen-bond acceptors (Lipinski definition) is 4. The second-order valence-electron chi connectivity index (χ2n) is 1.90. The number of nitrogens with two attached hydrogens (primary N) is 1. The number of nitrogen functional groups attached to an aromatic ring is 1. The molecule has 0 saturated carbocycles. The summed E-state index contributed by atoms with van der Waals surface area (Å²) in [5.41, 5.74) is 5.45. The molecule has 0 amide bonds. The van der Waals surface area contributed by atoms with Gasteiger partial charge in [-0.3, -0.25) is 10.1 Å². The Bertz CT molecular complexity index is 346. The van der Waals surface area contributed by atoms with Gasteiger partial charge in [-0.15, -0.1) is 0 Å². The Labute approximate surface area is 67.0 Å². The smallest absolute Gasteiger partial charge is 0.287 e. The van der Waals surface area contributed by atoms with Gasteiger partial charge in [0.2, 0.25) is 0 Å². The van der Waals surface area contributed by atoms with Crippen molar-refractivity contribution in [2.75, 3.05) is 5.73 Å². The maximum Gasteiger partial charge on any atom is 0.287 e. The van der Waals surface area contributed by atoms with Crippen LogP contribution < -0.4 is 5.73 Å². The minimum atomic E-state index is -0.540. The van der Waals surface area contributed by atoms with Crippen LogP contribution in [0.1, 0.15) is 0 Å². The number of rotatable bonds is 1. The van der Waals surface area contributed by atoms with Crippen LogP contribution in [0, 0.1) is 14.8 Å². The van der Waals surface area contributed by atoms with E-state index in [4.69, 9.17) is 18.0 Å². The Hall–Kier alpha value is -1.43. The Morgan fingerprint density at radius 2 is 2.36 bits per heavy atom. The Morgan fingerprint density at radius 1 is 1.73 bits per heavy atom. The van der Waals surface area contributed by atoms with Crippen LogP contribution in [0.25, 0.3) is 0 Å².